The van der Waals surface area contributed by atoms with E-state index in [1.807, 2.05) is 19.2 Å². The minimum atomic E-state index is 0.0488. The van der Waals surface area contributed by atoms with Crippen LogP contribution in [0.1, 0.15) is 28.4 Å². The summed E-state index contributed by atoms with van der Waals surface area (Å²) >= 11 is 0. The molecule has 156 valence electrons. The maximum Gasteiger partial charge on any atom is 0.194 e. The van der Waals surface area contributed by atoms with E-state index in [2.05, 4.69) is 74.6 Å². The number of nitrogens with zero attached hydrogens (tertiary/aromatic N) is 4. The van der Waals surface area contributed by atoms with Gasteiger partial charge in [-0.05, 0) is 36.6 Å². The van der Waals surface area contributed by atoms with Crippen LogP contribution in [0.15, 0.2) is 53.8 Å². The summed E-state index contributed by atoms with van der Waals surface area (Å²) in [4.78, 5) is 11.0. The largest absolute Gasteiger partial charge is 0.370 e. The van der Waals surface area contributed by atoms with Crippen molar-refractivity contribution < 1.29 is 4.74 Å². The van der Waals surface area contributed by atoms with Crippen molar-refractivity contribution in [1.82, 2.24) is 25.4 Å². The van der Waals surface area contributed by atoms with Crippen molar-refractivity contribution in [3.05, 3.63) is 71.0 Å². The molecule has 0 amide bonds. The van der Waals surface area contributed by atoms with Gasteiger partial charge in [-0.3, -0.25) is 10.1 Å². The first-order valence-corrected chi connectivity index (χ1v) is 10.2. The molecule has 4 rings (SSSR count). The van der Waals surface area contributed by atoms with Crippen LogP contribution in [0, 0.1) is 13.8 Å². The van der Waals surface area contributed by atoms with Crippen molar-refractivity contribution in [1.29, 1.82) is 0 Å². The Morgan fingerprint density at radius 2 is 2.17 bits per heavy atom. The molecule has 0 aliphatic carbocycles. The number of aromatic nitrogens is 3. The van der Waals surface area contributed by atoms with E-state index in [0.29, 0.717) is 13.2 Å². The normalized spacial score (nSPS) is 17.2. The van der Waals surface area contributed by atoms with Gasteiger partial charge in [0.25, 0.3) is 0 Å². The van der Waals surface area contributed by atoms with Crippen molar-refractivity contribution in [2.24, 2.45) is 4.99 Å². The van der Waals surface area contributed by atoms with E-state index < -0.39 is 0 Å². The number of morpholine rings is 1. The van der Waals surface area contributed by atoms with Gasteiger partial charge in [0.1, 0.15) is 12.4 Å². The zero-order valence-corrected chi connectivity index (χ0v) is 17.7. The third-order valence-corrected chi connectivity index (χ3v) is 5.42. The van der Waals surface area contributed by atoms with Gasteiger partial charge in [-0.1, -0.05) is 42.0 Å². The first-order chi connectivity index (χ1) is 14.6. The maximum absolute atomic E-state index is 6.09. The lowest BCUT2D eigenvalue weighted by molar-refractivity contribution is -0.00834. The van der Waals surface area contributed by atoms with Crippen molar-refractivity contribution >= 4 is 5.96 Å². The maximum atomic E-state index is 6.09. The first-order valence-electron chi connectivity index (χ1n) is 10.2. The third-order valence-electron chi connectivity index (χ3n) is 5.42. The van der Waals surface area contributed by atoms with E-state index in [1.165, 1.54) is 23.0 Å². The summed E-state index contributed by atoms with van der Waals surface area (Å²) in [6, 6.07) is 14.8. The molecule has 1 saturated heterocycles. The van der Waals surface area contributed by atoms with E-state index in [1.54, 1.807) is 0 Å². The lowest BCUT2D eigenvalue weighted by Gasteiger charge is -2.36. The Labute approximate surface area is 177 Å². The average molecular weight is 405 g/mol. The topological polar surface area (TPSA) is 78.4 Å². The number of aromatic amines is 1. The molecule has 1 atom stereocenters. The Bertz CT molecular complexity index is 1010. The zero-order valence-electron chi connectivity index (χ0n) is 17.7. The minimum Gasteiger partial charge on any atom is -0.370 e. The quantitative estimate of drug-likeness (QED) is 0.516. The highest BCUT2D eigenvalue weighted by Gasteiger charge is 2.25. The van der Waals surface area contributed by atoms with Gasteiger partial charge >= 0.3 is 0 Å². The molecular formula is C23H28N6O. The predicted molar refractivity (Wildman–Crippen MR) is 118 cm³/mol. The number of aryl methyl sites for hydroxylation is 2. The summed E-state index contributed by atoms with van der Waals surface area (Å²) in [5, 5.41) is 10.3. The third kappa shape index (κ3) is 4.52. The van der Waals surface area contributed by atoms with Crippen molar-refractivity contribution in [3.8, 4) is 11.4 Å². The Balaban J connectivity index is 1.42. The van der Waals surface area contributed by atoms with Gasteiger partial charge in [-0.15, -0.1) is 0 Å². The van der Waals surface area contributed by atoms with E-state index in [-0.39, 0.29) is 6.10 Å². The van der Waals surface area contributed by atoms with Gasteiger partial charge in [0.05, 0.1) is 13.2 Å². The highest BCUT2D eigenvalue weighted by molar-refractivity contribution is 5.80. The smallest absolute Gasteiger partial charge is 0.194 e. The molecule has 30 heavy (non-hydrogen) atoms. The minimum absolute atomic E-state index is 0.0488. The average Bonchev–Trinajstić information content (AvgIpc) is 3.30. The van der Waals surface area contributed by atoms with Crippen molar-refractivity contribution in [3.63, 3.8) is 0 Å². The molecule has 2 heterocycles. The fraction of sp³-hybridized carbons (Fsp3) is 0.348. The van der Waals surface area contributed by atoms with Crippen molar-refractivity contribution in [2.45, 2.75) is 26.5 Å². The number of hydrogen-bond donors (Lipinski definition) is 2. The van der Waals surface area contributed by atoms with Gasteiger partial charge in [-0.25, -0.2) is 4.98 Å². The molecule has 1 aliphatic heterocycles. The number of benzene rings is 2. The molecule has 0 spiro atoms. The van der Waals surface area contributed by atoms with Gasteiger partial charge in [0, 0.05) is 25.7 Å². The number of guanidine groups is 1. The van der Waals surface area contributed by atoms with Gasteiger partial charge in [0.15, 0.2) is 11.8 Å². The predicted octanol–water partition coefficient (Wildman–Crippen LogP) is 3.24. The summed E-state index contributed by atoms with van der Waals surface area (Å²) in [6.07, 6.45) is 1.57. The lowest BCUT2D eigenvalue weighted by Crippen LogP contribution is -2.48. The summed E-state index contributed by atoms with van der Waals surface area (Å²) in [5.41, 5.74) is 5.97. The highest BCUT2D eigenvalue weighted by atomic mass is 16.5. The Hall–Kier alpha value is -3.19. The fourth-order valence-corrected chi connectivity index (χ4v) is 3.90. The van der Waals surface area contributed by atoms with Gasteiger partial charge in [0.2, 0.25) is 0 Å². The van der Waals surface area contributed by atoms with Gasteiger partial charge < -0.3 is 15.0 Å². The Morgan fingerprint density at radius 3 is 2.93 bits per heavy atom. The summed E-state index contributed by atoms with van der Waals surface area (Å²) in [6.45, 7) is 7.23. The molecule has 2 N–H and O–H groups in total. The second-order valence-electron chi connectivity index (χ2n) is 7.60. The van der Waals surface area contributed by atoms with Crippen LogP contribution in [-0.4, -0.2) is 52.8 Å². The van der Waals surface area contributed by atoms with Crippen LogP contribution in [0.2, 0.25) is 0 Å². The van der Waals surface area contributed by atoms with Crippen LogP contribution in [0.3, 0.4) is 0 Å². The molecule has 1 unspecified atom stereocenters. The number of hydrogen-bond acceptors (Lipinski definition) is 4. The van der Waals surface area contributed by atoms with E-state index >= 15 is 0 Å². The highest BCUT2D eigenvalue weighted by Crippen LogP contribution is 2.26. The molecule has 7 heteroatoms. The summed E-state index contributed by atoms with van der Waals surface area (Å²) in [7, 11) is 1.83. The van der Waals surface area contributed by atoms with Crippen LogP contribution >= 0.6 is 0 Å². The summed E-state index contributed by atoms with van der Waals surface area (Å²) in [5.74, 6) is 1.66. The summed E-state index contributed by atoms with van der Waals surface area (Å²) < 4.78 is 6.09. The van der Waals surface area contributed by atoms with Crippen molar-refractivity contribution in [2.75, 3.05) is 26.7 Å². The Kier molecular flexibility index (Phi) is 6.09. The van der Waals surface area contributed by atoms with E-state index in [9.17, 15) is 0 Å². The lowest BCUT2D eigenvalue weighted by atomic mass is 10.00. The van der Waals surface area contributed by atoms with Crippen LogP contribution in [0.4, 0.5) is 0 Å². The molecular weight excluding hydrogens is 376 g/mol. The second-order valence-corrected chi connectivity index (χ2v) is 7.60. The molecule has 7 nitrogen and oxygen atoms in total. The molecule has 3 aromatic rings. The number of H-pyrrole nitrogens is 1. The molecule has 1 fully saturated rings. The van der Waals surface area contributed by atoms with Crippen LogP contribution < -0.4 is 5.32 Å². The fourth-order valence-electron chi connectivity index (χ4n) is 3.90. The van der Waals surface area contributed by atoms with Crippen LogP contribution in [-0.2, 0) is 11.3 Å². The molecule has 0 radical (unpaired) electrons. The zero-order chi connectivity index (χ0) is 20.9. The van der Waals surface area contributed by atoms with E-state index in [4.69, 9.17) is 4.74 Å². The number of aliphatic imine (C=N–C) groups is 1. The monoisotopic (exact) mass is 404 g/mol. The molecule has 1 aliphatic rings. The Morgan fingerprint density at radius 1 is 1.27 bits per heavy atom. The molecule has 1 aromatic heterocycles. The molecule has 0 saturated carbocycles. The second kappa shape index (κ2) is 9.09. The van der Waals surface area contributed by atoms with E-state index in [0.717, 1.165) is 36.0 Å². The standard InChI is InChI=1S/C23H28N6O/c1-16-7-8-20(17(2)11-16)21-14-29(9-10-30-21)23(24-3)25-13-18-5-4-6-19(12-18)22-26-15-27-28-22/h4-8,11-12,15,21H,9-10,13-14H2,1-3H3,(H,24,25)(H,26,27,28). The number of nitrogens with one attached hydrogen (secondary N) is 2. The van der Waals surface area contributed by atoms with Gasteiger partial charge in [-0.2, -0.15) is 5.10 Å². The number of ether oxygens (including phenoxy) is 1. The SMILES string of the molecule is CN=C(NCc1cccc(-c2ncn[nH]2)c1)N1CCOC(c2ccc(C)cc2C)C1. The van der Waals surface area contributed by atoms with Crippen LogP contribution in [0.5, 0.6) is 0 Å². The molecule has 2 aromatic carbocycles. The number of rotatable bonds is 4. The van der Waals surface area contributed by atoms with Crippen LogP contribution in [0.25, 0.3) is 11.4 Å². The first kappa shape index (κ1) is 20.1. The molecule has 0 bridgehead atoms.